The Morgan fingerprint density at radius 1 is 1.14 bits per heavy atom. The molecule has 2 N–H and O–H groups in total. The zero-order valence-electron chi connectivity index (χ0n) is 12.3. The molecule has 0 aromatic heterocycles. The second-order valence-electron chi connectivity index (χ2n) is 5.18. The minimum absolute atomic E-state index is 0.475. The van der Waals surface area contributed by atoms with Crippen LogP contribution in [-0.2, 0) is 5.66 Å². The quantitative estimate of drug-likeness (QED) is 0.800. The first kappa shape index (κ1) is 15.3. The van der Waals surface area contributed by atoms with Gasteiger partial charge in [-0.25, -0.2) is 5.01 Å². The van der Waals surface area contributed by atoms with E-state index in [4.69, 9.17) is 17.0 Å². The number of nitrogens with zero attached hydrogens (tertiary/aromatic N) is 1. The minimum Gasteiger partial charge on any atom is -0.497 e. The number of thiocarbonyl (C=S) groups is 1. The van der Waals surface area contributed by atoms with Crippen LogP contribution in [0.5, 0.6) is 5.75 Å². The van der Waals surface area contributed by atoms with Crippen molar-refractivity contribution in [3.63, 3.8) is 0 Å². The monoisotopic (exact) mass is 377 g/mol. The highest BCUT2D eigenvalue weighted by molar-refractivity contribution is 9.10. The van der Waals surface area contributed by atoms with Crippen molar-refractivity contribution in [1.82, 2.24) is 10.7 Å². The van der Waals surface area contributed by atoms with Crippen molar-refractivity contribution >= 4 is 38.9 Å². The number of nitrogens with one attached hydrogen (secondary N) is 2. The molecule has 2 aromatic carbocycles. The smallest absolute Gasteiger partial charge is 0.190 e. The first-order chi connectivity index (χ1) is 10.5. The van der Waals surface area contributed by atoms with Crippen LogP contribution < -0.4 is 20.5 Å². The fourth-order valence-electron chi connectivity index (χ4n) is 2.48. The van der Waals surface area contributed by atoms with Gasteiger partial charge in [0.25, 0.3) is 0 Å². The summed E-state index contributed by atoms with van der Waals surface area (Å²) in [5.41, 5.74) is 5.01. The van der Waals surface area contributed by atoms with Gasteiger partial charge in [0.2, 0.25) is 0 Å². The highest BCUT2D eigenvalue weighted by Gasteiger charge is 2.39. The van der Waals surface area contributed by atoms with Gasteiger partial charge in [0, 0.05) is 10.0 Å². The maximum absolute atomic E-state index is 5.48. The third kappa shape index (κ3) is 2.69. The molecule has 114 valence electrons. The van der Waals surface area contributed by atoms with Gasteiger partial charge in [-0.05, 0) is 49.5 Å². The number of hydrazine groups is 1. The number of methoxy groups -OCH3 is 1. The molecule has 0 radical (unpaired) electrons. The minimum atomic E-state index is -0.475. The van der Waals surface area contributed by atoms with Crippen LogP contribution >= 0.6 is 28.1 Å². The summed E-state index contributed by atoms with van der Waals surface area (Å²) >= 11 is 9.08. The van der Waals surface area contributed by atoms with Gasteiger partial charge >= 0.3 is 0 Å². The Balaban J connectivity index is 1.90. The van der Waals surface area contributed by atoms with E-state index in [0.29, 0.717) is 5.11 Å². The van der Waals surface area contributed by atoms with Gasteiger partial charge in [-0.2, -0.15) is 5.43 Å². The lowest BCUT2D eigenvalue weighted by molar-refractivity contribution is 0.388. The molecule has 3 rings (SSSR count). The normalized spacial score (nSPS) is 20.9. The van der Waals surface area contributed by atoms with Crippen LogP contribution in [0, 0.1) is 0 Å². The number of rotatable bonds is 3. The Bertz CT molecular complexity index is 707. The number of ether oxygens (including phenoxy) is 1. The standard InChI is InChI=1S/C16H16BrN3OS/c1-16(13-5-3-4-6-14(13)17)18-15(22)20(19-16)11-7-9-12(21-2)10-8-11/h3-10,19H,1-2H3,(H,18,22)/t16-/m1/s1. The van der Waals surface area contributed by atoms with E-state index in [-0.39, 0.29) is 0 Å². The van der Waals surface area contributed by atoms with Gasteiger partial charge in [0.1, 0.15) is 11.4 Å². The van der Waals surface area contributed by atoms with Crippen LogP contribution in [0.3, 0.4) is 0 Å². The van der Waals surface area contributed by atoms with E-state index >= 15 is 0 Å². The zero-order valence-corrected chi connectivity index (χ0v) is 14.7. The van der Waals surface area contributed by atoms with Gasteiger partial charge in [0.05, 0.1) is 12.8 Å². The van der Waals surface area contributed by atoms with Crippen molar-refractivity contribution in [2.24, 2.45) is 0 Å². The van der Waals surface area contributed by atoms with Crippen LogP contribution in [0.4, 0.5) is 5.69 Å². The summed E-state index contributed by atoms with van der Waals surface area (Å²) < 4.78 is 6.22. The summed E-state index contributed by atoms with van der Waals surface area (Å²) in [5.74, 6) is 0.815. The molecule has 6 heteroatoms. The molecule has 22 heavy (non-hydrogen) atoms. The van der Waals surface area contributed by atoms with Gasteiger partial charge in [-0.1, -0.05) is 34.1 Å². The van der Waals surface area contributed by atoms with E-state index in [0.717, 1.165) is 21.5 Å². The number of benzene rings is 2. The summed E-state index contributed by atoms with van der Waals surface area (Å²) in [7, 11) is 1.65. The molecule has 1 heterocycles. The number of hydrogen-bond donors (Lipinski definition) is 2. The van der Waals surface area contributed by atoms with Crippen molar-refractivity contribution in [1.29, 1.82) is 0 Å². The molecule has 1 saturated heterocycles. The SMILES string of the molecule is COc1ccc(N2N[C@](C)(c3ccccc3Br)NC2=S)cc1. The Morgan fingerprint density at radius 3 is 2.45 bits per heavy atom. The predicted octanol–water partition coefficient (Wildman–Crippen LogP) is 3.53. The van der Waals surface area contributed by atoms with Gasteiger partial charge in [-0.15, -0.1) is 0 Å². The summed E-state index contributed by atoms with van der Waals surface area (Å²) in [6.45, 7) is 2.06. The van der Waals surface area contributed by atoms with Gasteiger partial charge in [-0.3, -0.25) is 0 Å². The highest BCUT2D eigenvalue weighted by Crippen LogP contribution is 2.31. The molecule has 1 atom stereocenters. The molecule has 0 aliphatic carbocycles. The molecule has 1 fully saturated rings. The van der Waals surface area contributed by atoms with E-state index in [1.54, 1.807) is 7.11 Å². The Morgan fingerprint density at radius 2 is 1.82 bits per heavy atom. The Kier molecular flexibility index (Phi) is 4.08. The largest absolute Gasteiger partial charge is 0.497 e. The molecule has 0 saturated carbocycles. The van der Waals surface area contributed by atoms with E-state index in [9.17, 15) is 0 Å². The van der Waals surface area contributed by atoms with E-state index in [2.05, 4.69) is 39.7 Å². The van der Waals surface area contributed by atoms with Crippen molar-refractivity contribution in [2.75, 3.05) is 12.1 Å². The van der Waals surface area contributed by atoms with E-state index in [1.165, 1.54) is 0 Å². The topological polar surface area (TPSA) is 36.5 Å². The molecular formula is C16H16BrN3OS. The second kappa shape index (κ2) is 5.87. The Labute approximate surface area is 143 Å². The van der Waals surface area contributed by atoms with Crippen molar-refractivity contribution in [2.45, 2.75) is 12.6 Å². The average molecular weight is 378 g/mol. The summed E-state index contributed by atoms with van der Waals surface area (Å²) in [4.78, 5) is 0. The maximum Gasteiger partial charge on any atom is 0.190 e. The Hall–Kier alpha value is -1.63. The van der Waals surface area contributed by atoms with Gasteiger partial charge in [0.15, 0.2) is 5.11 Å². The van der Waals surface area contributed by atoms with Gasteiger partial charge < -0.3 is 10.1 Å². The predicted molar refractivity (Wildman–Crippen MR) is 95.8 cm³/mol. The molecule has 1 aliphatic rings. The molecule has 0 amide bonds. The molecule has 0 unspecified atom stereocenters. The van der Waals surface area contributed by atoms with Crippen LogP contribution in [0.15, 0.2) is 53.0 Å². The molecule has 1 aliphatic heterocycles. The summed E-state index contributed by atoms with van der Waals surface area (Å²) in [6.07, 6.45) is 0. The molecule has 0 bridgehead atoms. The van der Waals surface area contributed by atoms with Crippen molar-refractivity contribution < 1.29 is 4.74 Å². The van der Waals surface area contributed by atoms with Crippen LogP contribution in [0.1, 0.15) is 12.5 Å². The number of anilines is 1. The second-order valence-corrected chi connectivity index (χ2v) is 6.42. The number of halogens is 1. The summed E-state index contributed by atoms with van der Waals surface area (Å²) in [6, 6.07) is 15.8. The first-order valence-electron chi connectivity index (χ1n) is 6.83. The van der Waals surface area contributed by atoms with Crippen molar-refractivity contribution in [3.8, 4) is 5.75 Å². The van der Waals surface area contributed by atoms with Crippen LogP contribution in [0.2, 0.25) is 0 Å². The molecular weight excluding hydrogens is 362 g/mol. The van der Waals surface area contributed by atoms with E-state index in [1.807, 2.05) is 47.5 Å². The first-order valence-corrected chi connectivity index (χ1v) is 8.03. The average Bonchev–Trinajstić information content (AvgIpc) is 2.84. The third-order valence-electron chi connectivity index (χ3n) is 3.64. The molecule has 2 aromatic rings. The number of hydrogen-bond acceptors (Lipinski definition) is 3. The van der Waals surface area contributed by atoms with E-state index < -0.39 is 5.66 Å². The fraction of sp³-hybridized carbons (Fsp3) is 0.188. The molecule has 0 spiro atoms. The molecule has 4 nitrogen and oxygen atoms in total. The zero-order chi connectivity index (χ0) is 15.7. The van der Waals surface area contributed by atoms with Crippen LogP contribution in [0.25, 0.3) is 0 Å². The van der Waals surface area contributed by atoms with Crippen molar-refractivity contribution in [3.05, 3.63) is 58.6 Å². The lowest BCUT2D eigenvalue weighted by Crippen LogP contribution is -2.46. The lowest BCUT2D eigenvalue weighted by atomic mass is 10.0. The third-order valence-corrected chi connectivity index (χ3v) is 4.61. The maximum atomic E-state index is 5.48. The lowest BCUT2D eigenvalue weighted by Gasteiger charge is -2.27. The van der Waals surface area contributed by atoms with Crippen LogP contribution in [-0.4, -0.2) is 12.2 Å². The highest BCUT2D eigenvalue weighted by atomic mass is 79.9. The fourth-order valence-corrected chi connectivity index (χ4v) is 3.52. The summed E-state index contributed by atoms with van der Waals surface area (Å²) in [5, 5.41) is 5.85.